The Bertz CT molecular complexity index is 567. The maximum atomic E-state index is 13.4. The first kappa shape index (κ1) is 14.3. The van der Waals surface area contributed by atoms with Crippen molar-refractivity contribution in [3.8, 4) is 0 Å². The molecule has 4 heteroatoms. The lowest BCUT2D eigenvalue weighted by molar-refractivity contribution is 0.348. The Kier molecular flexibility index (Phi) is 4.34. The van der Waals surface area contributed by atoms with Gasteiger partial charge in [0.15, 0.2) is 0 Å². The zero-order valence-electron chi connectivity index (χ0n) is 12.4. The molecule has 112 valence electrons. The zero-order valence-corrected chi connectivity index (χ0v) is 12.4. The molecule has 1 fully saturated rings. The van der Waals surface area contributed by atoms with Crippen LogP contribution in [0.2, 0.25) is 0 Å². The van der Waals surface area contributed by atoms with E-state index >= 15 is 0 Å². The minimum absolute atomic E-state index is 0.162. The highest BCUT2D eigenvalue weighted by atomic mass is 19.1. The maximum absolute atomic E-state index is 13.4. The number of nitrogens with zero attached hydrogens (tertiary/aromatic N) is 2. The van der Waals surface area contributed by atoms with Crippen LogP contribution in [0.5, 0.6) is 0 Å². The van der Waals surface area contributed by atoms with Gasteiger partial charge in [0.25, 0.3) is 0 Å². The molecule has 3 unspecified atom stereocenters. The van der Waals surface area contributed by atoms with Crippen LogP contribution < -0.4 is 5.32 Å². The Morgan fingerprint density at radius 3 is 3.05 bits per heavy atom. The Hall–Kier alpha value is -1.68. The molecule has 21 heavy (non-hydrogen) atoms. The van der Waals surface area contributed by atoms with E-state index in [0.717, 1.165) is 18.4 Å². The number of aromatic nitrogens is 2. The van der Waals surface area contributed by atoms with Crippen molar-refractivity contribution in [2.24, 2.45) is 0 Å². The average molecular weight is 287 g/mol. The molecule has 0 radical (unpaired) electrons. The summed E-state index contributed by atoms with van der Waals surface area (Å²) < 4.78 is 15.6. The summed E-state index contributed by atoms with van der Waals surface area (Å²) >= 11 is 0. The predicted molar refractivity (Wildman–Crippen MR) is 81.5 cm³/mol. The minimum Gasteiger partial charge on any atom is -0.333 e. The first-order chi connectivity index (χ1) is 10.3. The van der Waals surface area contributed by atoms with Gasteiger partial charge in [-0.3, -0.25) is 0 Å². The monoisotopic (exact) mass is 287 g/mol. The Balaban J connectivity index is 1.74. The minimum atomic E-state index is -0.162. The molecule has 1 aromatic carbocycles. The van der Waals surface area contributed by atoms with E-state index < -0.39 is 0 Å². The molecule has 0 amide bonds. The smallest absolute Gasteiger partial charge is 0.123 e. The molecular formula is C17H22FN3. The van der Waals surface area contributed by atoms with Crippen molar-refractivity contribution in [3.05, 3.63) is 54.4 Å². The highest BCUT2D eigenvalue weighted by Gasteiger charge is 2.30. The molecule has 1 aliphatic rings. The molecule has 3 rings (SSSR count). The number of imidazole rings is 1. The van der Waals surface area contributed by atoms with Crippen molar-refractivity contribution in [2.75, 3.05) is 0 Å². The van der Waals surface area contributed by atoms with E-state index in [2.05, 4.69) is 21.8 Å². The third-order valence-corrected chi connectivity index (χ3v) is 4.46. The van der Waals surface area contributed by atoms with Gasteiger partial charge in [-0.1, -0.05) is 19.1 Å². The van der Waals surface area contributed by atoms with E-state index in [4.69, 9.17) is 0 Å². The normalized spacial score (nSPS) is 23.3. The highest BCUT2D eigenvalue weighted by Crippen LogP contribution is 2.32. The molecule has 1 aromatic heterocycles. The number of nitrogens with one attached hydrogen (secondary N) is 1. The fourth-order valence-corrected chi connectivity index (χ4v) is 3.39. The van der Waals surface area contributed by atoms with Gasteiger partial charge in [0.1, 0.15) is 5.82 Å². The van der Waals surface area contributed by atoms with E-state index in [1.807, 2.05) is 24.8 Å². The summed E-state index contributed by atoms with van der Waals surface area (Å²) in [4.78, 5) is 4.16. The molecule has 3 nitrogen and oxygen atoms in total. The van der Waals surface area contributed by atoms with Crippen molar-refractivity contribution in [1.82, 2.24) is 14.9 Å². The quantitative estimate of drug-likeness (QED) is 0.905. The molecule has 1 N–H and O–H groups in total. The fourth-order valence-electron chi connectivity index (χ4n) is 3.39. The molecule has 2 aromatic rings. The lowest BCUT2D eigenvalue weighted by atomic mass is 10.0. The van der Waals surface area contributed by atoms with Gasteiger partial charge in [0.05, 0.1) is 6.33 Å². The molecule has 1 heterocycles. The Morgan fingerprint density at radius 2 is 2.33 bits per heavy atom. The second kappa shape index (κ2) is 6.39. The predicted octanol–water partition coefficient (Wildman–Crippen LogP) is 3.86. The van der Waals surface area contributed by atoms with E-state index in [0.29, 0.717) is 12.1 Å². The zero-order chi connectivity index (χ0) is 14.7. The fraction of sp³-hybridized carbons (Fsp3) is 0.471. The Morgan fingerprint density at radius 1 is 1.43 bits per heavy atom. The summed E-state index contributed by atoms with van der Waals surface area (Å²) in [5, 5.41) is 3.73. The topological polar surface area (TPSA) is 29.9 Å². The summed E-state index contributed by atoms with van der Waals surface area (Å²) in [5.74, 6) is -0.162. The standard InChI is InChI=1S/C17H22FN3/c1-2-15(13-5-3-6-14(18)11-13)20-16-7-4-8-17(16)21-10-9-19-12-21/h3,5-6,9-12,15-17,20H,2,4,7-8H2,1H3. The Labute approximate surface area is 125 Å². The van der Waals surface area contributed by atoms with Crippen LogP contribution in [0.25, 0.3) is 0 Å². The lowest BCUT2D eigenvalue weighted by Gasteiger charge is -2.27. The molecule has 1 saturated carbocycles. The van der Waals surface area contributed by atoms with Crippen molar-refractivity contribution in [1.29, 1.82) is 0 Å². The van der Waals surface area contributed by atoms with Crippen LogP contribution >= 0.6 is 0 Å². The average Bonchev–Trinajstić information content (AvgIpc) is 3.15. The first-order valence-electron chi connectivity index (χ1n) is 7.77. The third-order valence-electron chi connectivity index (χ3n) is 4.46. The van der Waals surface area contributed by atoms with Gasteiger partial charge in [-0.2, -0.15) is 0 Å². The van der Waals surface area contributed by atoms with E-state index in [1.54, 1.807) is 12.1 Å². The van der Waals surface area contributed by atoms with E-state index in [-0.39, 0.29) is 11.9 Å². The van der Waals surface area contributed by atoms with Gasteiger partial charge in [-0.05, 0) is 43.4 Å². The van der Waals surface area contributed by atoms with Gasteiger partial charge in [0, 0.05) is 30.5 Å². The van der Waals surface area contributed by atoms with Crippen LogP contribution in [0.4, 0.5) is 4.39 Å². The van der Waals surface area contributed by atoms with Crippen LogP contribution in [0.3, 0.4) is 0 Å². The molecular weight excluding hydrogens is 265 g/mol. The van der Waals surface area contributed by atoms with Crippen LogP contribution in [0, 0.1) is 5.82 Å². The van der Waals surface area contributed by atoms with Crippen molar-refractivity contribution >= 4 is 0 Å². The molecule has 0 aliphatic heterocycles. The molecule has 1 aliphatic carbocycles. The van der Waals surface area contributed by atoms with Gasteiger partial charge in [-0.25, -0.2) is 9.37 Å². The summed E-state index contributed by atoms with van der Waals surface area (Å²) in [6.07, 6.45) is 10.3. The third kappa shape index (κ3) is 3.16. The highest BCUT2D eigenvalue weighted by molar-refractivity contribution is 5.20. The molecule has 0 spiro atoms. The van der Waals surface area contributed by atoms with Gasteiger partial charge < -0.3 is 9.88 Å². The van der Waals surface area contributed by atoms with Crippen molar-refractivity contribution < 1.29 is 4.39 Å². The summed E-state index contributed by atoms with van der Waals surface area (Å²) in [6, 6.07) is 8.02. The number of halogens is 1. The van der Waals surface area contributed by atoms with E-state index in [9.17, 15) is 4.39 Å². The van der Waals surface area contributed by atoms with E-state index in [1.165, 1.54) is 18.9 Å². The summed E-state index contributed by atoms with van der Waals surface area (Å²) in [7, 11) is 0. The van der Waals surface area contributed by atoms with Gasteiger partial charge >= 0.3 is 0 Å². The summed E-state index contributed by atoms with van der Waals surface area (Å²) in [5.41, 5.74) is 1.04. The van der Waals surface area contributed by atoms with Gasteiger partial charge in [0.2, 0.25) is 0 Å². The number of hydrogen-bond donors (Lipinski definition) is 1. The first-order valence-corrected chi connectivity index (χ1v) is 7.77. The number of hydrogen-bond acceptors (Lipinski definition) is 2. The van der Waals surface area contributed by atoms with Crippen molar-refractivity contribution in [2.45, 2.75) is 50.7 Å². The van der Waals surface area contributed by atoms with Crippen LogP contribution in [0.1, 0.15) is 50.3 Å². The second-order valence-electron chi connectivity index (χ2n) is 5.80. The van der Waals surface area contributed by atoms with Gasteiger partial charge in [-0.15, -0.1) is 0 Å². The van der Waals surface area contributed by atoms with Crippen LogP contribution in [-0.2, 0) is 0 Å². The SMILES string of the molecule is CCC(NC1CCCC1n1ccnc1)c1cccc(F)c1. The molecule has 3 atom stereocenters. The summed E-state index contributed by atoms with van der Waals surface area (Å²) in [6.45, 7) is 2.14. The lowest BCUT2D eigenvalue weighted by Crippen LogP contribution is -2.36. The molecule has 0 bridgehead atoms. The maximum Gasteiger partial charge on any atom is 0.123 e. The van der Waals surface area contributed by atoms with Crippen LogP contribution in [-0.4, -0.2) is 15.6 Å². The number of benzene rings is 1. The second-order valence-corrected chi connectivity index (χ2v) is 5.80. The van der Waals surface area contributed by atoms with Crippen molar-refractivity contribution in [3.63, 3.8) is 0 Å². The largest absolute Gasteiger partial charge is 0.333 e. The number of rotatable bonds is 5. The molecule has 0 saturated heterocycles. The van der Waals surface area contributed by atoms with Crippen LogP contribution in [0.15, 0.2) is 43.0 Å².